The first-order valence-electron chi connectivity index (χ1n) is 4.81. The molecule has 0 saturated heterocycles. The maximum absolute atomic E-state index is 5.27. The molecule has 0 heterocycles. The van der Waals surface area contributed by atoms with Crippen molar-refractivity contribution in [3.05, 3.63) is 0 Å². The highest BCUT2D eigenvalue weighted by molar-refractivity contribution is 4.93. The fraction of sp³-hybridized carbons (Fsp3) is 0.818. The second kappa shape index (κ2) is 3.96. The van der Waals surface area contributed by atoms with Crippen molar-refractivity contribution in [1.29, 1.82) is 0 Å². The molecule has 0 aromatic rings. The molecule has 1 N–H and O–H groups in total. The van der Waals surface area contributed by atoms with E-state index in [2.05, 4.69) is 25.2 Å². The molecule has 1 rings (SSSR count). The Bertz CT molecular complexity index is 180. The van der Waals surface area contributed by atoms with Crippen LogP contribution in [0.2, 0.25) is 0 Å². The molecule has 0 amide bonds. The second-order valence-corrected chi connectivity index (χ2v) is 4.24. The average molecular weight is 165 g/mol. The van der Waals surface area contributed by atoms with Gasteiger partial charge in [0.1, 0.15) is 0 Å². The maximum atomic E-state index is 5.27. The molecule has 0 aliphatic heterocycles. The monoisotopic (exact) mass is 165 g/mol. The van der Waals surface area contributed by atoms with Gasteiger partial charge >= 0.3 is 0 Å². The minimum absolute atomic E-state index is 0.514. The minimum Gasteiger partial charge on any atom is -0.317 e. The zero-order valence-electron chi connectivity index (χ0n) is 8.19. The third-order valence-corrected chi connectivity index (χ3v) is 3.12. The standard InChI is InChI=1S/C11H19N/c1-4-5-7-11(2)8-6-10(9-11)12-3/h1,10,12H,5-9H2,2-3H3. The molecular weight excluding hydrogens is 146 g/mol. The zero-order chi connectivity index (χ0) is 9.03. The predicted octanol–water partition coefficient (Wildman–Crippen LogP) is 2.18. The van der Waals surface area contributed by atoms with E-state index in [1.54, 1.807) is 0 Å². The summed E-state index contributed by atoms with van der Waals surface area (Å²) in [5, 5.41) is 3.34. The maximum Gasteiger partial charge on any atom is 0.00912 e. The van der Waals surface area contributed by atoms with Crippen molar-refractivity contribution in [2.75, 3.05) is 7.05 Å². The summed E-state index contributed by atoms with van der Waals surface area (Å²) in [6.07, 6.45) is 11.3. The molecule has 0 aromatic heterocycles. The Hall–Kier alpha value is -0.480. The molecule has 1 nitrogen and oxygen atoms in total. The molecule has 68 valence electrons. The Morgan fingerprint density at radius 3 is 2.92 bits per heavy atom. The molecular formula is C11H19N. The molecule has 2 unspecified atom stereocenters. The van der Waals surface area contributed by atoms with Gasteiger partial charge in [-0.1, -0.05) is 6.92 Å². The molecule has 1 fully saturated rings. The highest BCUT2D eigenvalue weighted by Crippen LogP contribution is 2.41. The van der Waals surface area contributed by atoms with Gasteiger partial charge in [0.05, 0.1) is 0 Å². The summed E-state index contributed by atoms with van der Waals surface area (Å²) in [4.78, 5) is 0. The van der Waals surface area contributed by atoms with Crippen LogP contribution in [0.1, 0.15) is 39.0 Å². The zero-order valence-corrected chi connectivity index (χ0v) is 8.19. The van der Waals surface area contributed by atoms with E-state index in [9.17, 15) is 0 Å². The number of terminal acetylenes is 1. The Morgan fingerprint density at radius 2 is 2.42 bits per heavy atom. The third kappa shape index (κ3) is 2.25. The van der Waals surface area contributed by atoms with E-state index in [1.807, 2.05) is 0 Å². The fourth-order valence-electron chi connectivity index (χ4n) is 2.17. The van der Waals surface area contributed by atoms with Crippen LogP contribution in [0.5, 0.6) is 0 Å². The van der Waals surface area contributed by atoms with E-state index < -0.39 is 0 Å². The molecule has 1 heteroatoms. The Labute approximate surface area is 75.9 Å². The van der Waals surface area contributed by atoms with Crippen LogP contribution >= 0.6 is 0 Å². The fourth-order valence-corrected chi connectivity index (χ4v) is 2.17. The number of nitrogens with one attached hydrogen (secondary N) is 1. The SMILES string of the molecule is C#CCCC1(C)CCC(NC)C1. The normalized spacial score (nSPS) is 34.9. The van der Waals surface area contributed by atoms with Gasteiger partial charge in [0.15, 0.2) is 0 Å². The van der Waals surface area contributed by atoms with Gasteiger partial charge in [-0.25, -0.2) is 0 Å². The lowest BCUT2D eigenvalue weighted by Crippen LogP contribution is -2.23. The molecule has 0 spiro atoms. The van der Waals surface area contributed by atoms with Gasteiger partial charge in [0, 0.05) is 12.5 Å². The van der Waals surface area contributed by atoms with Gasteiger partial charge in [-0.05, 0) is 38.1 Å². The summed E-state index contributed by atoms with van der Waals surface area (Å²) >= 11 is 0. The first kappa shape index (κ1) is 9.61. The quantitative estimate of drug-likeness (QED) is 0.632. The largest absolute Gasteiger partial charge is 0.317 e. The smallest absolute Gasteiger partial charge is 0.00912 e. The summed E-state index contributed by atoms with van der Waals surface area (Å²) in [7, 11) is 2.05. The molecule has 2 atom stereocenters. The van der Waals surface area contributed by atoms with Gasteiger partial charge in [-0.3, -0.25) is 0 Å². The summed E-state index contributed by atoms with van der Waals surface area (Å²) in [5.74, 6) is 2.73. The topological polar surface area (TPSA) is 12.0 Å². The molecule has 1 aliphatic carbocycles. The van der Waals surface area contributed by atoms with Crippen LogP contribution in [0.25, 0.3) is 0 Å². The molecule has 1 saturated carbocycles. The van der Waals surface area contributed by atoms with Gasteiger partial charge in [0.2, 0.25) is 0 Å². The van der Waals surface area contributed by atoms with Crippen LogP contribution in [0.3, 0.4) is 0 Å². The Kier molecular flexibility index (Phi) is 3.17. The van der Waals surface area contributed by atoms with Crippen LogP contribution < -0.4 is 5.32 Å². The van der Waals surface area contributed by atoms with Gasteiger partial charge in [-0.15, -0.1) is 12.3 Å². The molecule has 0 radical (unpaired) electrons. The summed E-state index contributed by atoms with van der Waals surface area (Å²) in [6, 6.07) is 0.729. The predicted molar refractivity (Wildman–Crippen MR) is 52.9 cm³/mol. The first-order chi connectivity index (χ1) is 5.70. The number of hydrogen-bond acceptors (Lipinski definition) is 1. The van der Waals surface area contributed by atoms with Crippen molar-refractivity contribution in [3.8, 4) is 12.3 Å². The Balaban J connectivity index is 2.37. The van der Waals surface area contributed by atoms with Crippen LogP contribution in [-0.2, 0) is 0 Å². The van der Waals surface area contributed by atoms with E-state index in [0.29, 0.717) is 5.41 Å². The van der Waals surface area contributed by atoms with E-state index >= 15 is 0 Å². The van der Waals surface area contributed by atoms with Crippen molar-refractivity contribution in [3.63, 3.8) is 0 Å². The van der Waals surface area contributed by atoms with Crippen molar-refractivity contribution >= 4 is 0 Å². The second-order valence-electron chi connectivity index (χ2n) is 4.24. The van der Waals surface area contributed by atoms with E-state index in [-0.39, 0.29) is 0 Å². The summed E-state index contributed by atoms with van der Waals surface area (Å²) in [5.41, 5.74) is 0.514. The minimum atomic E-state index is 0.514. The van der Waals surface area contributed by atoms with Crippen molar-refractivity contribution in [2.45, 2.75) is 45.1 Å². The van der Waals surface area contributed by atoms with Crippen LogP contribution in [0.15, 0.2) is 0 Å². The summed E-state index contributed by atoms with van der Waals surface area (Å²) < 4.78 is 0. The summed E-state index contributed by atoms with van der Waals surface area (Å²) in [6.45, 7) is 2.36. The van der Waals surface area contributed by atoms with E-state index in [0.717, 1.165) is 12.5 Å². The highest BCUT2D eigenvalue weighted by Gasteiger charge is 2.33. The number of rotatable bonds is 3. The van der Waals surface area contributed by atoms with Gasteiger partial charge in [-0.2, -0.15) is 0 Å². The van der Waals surface area contributed by atoms with Crippen LogP contribution in [-0.4, -0.2) is 13.1 Å². The lowest BCUT2D eigenvalue weighted by Gasteiger charge is -2.22. The molecule has 0 bridgehead atoms. The Morgan fingerprint density at radius 1 is 1.67 bits per heavy atom. The van der Waals surface area contributed by atoms with Crippen LogP contribution in [0, 0.1) is 17.8 Å². The van der Waals surface area contributed by atoms with E-state index in [1.165, 1.54) is 25.7 Å². The lowest BCUT2D eigenvalue weighted by atomic mass is 9.84. The molecule has 0 aromatic carbocycles. The molecule has 12 heavy (non-hydrogen) atoms. The lowest BCUT2D eigenvalue weighted by molar-refractivity contribution is 0.304. The van der Waals surface area contributed by atoms with Crippen molar-refractivity contribution in [1.82, 2.24) is 5.32 Å². The van der Waals surface area contributed by atoms with Gasteiger partial charge in [0.25, 0.3) is 0 Å². The average Bonchev–Trinajstić information content (AvgIpc) is 2.45. The van der Waals surface area contributed by atoms with Crippen molar-refractivity contribution < 1.29 is 0 Å². The number of hydrogen-bond donors (Lipinski definition) is 1. The van der Waals surface area contributed by atoms with E-state index in [4.69, 9.17) is 6.42 Å². The third-order valence-electron chi connectivity index (χ3n) is 3.12. The molecule has 1 aliphatic rings. The highest BCUT2D eigenvalue weighted by atomic mass is 14.9. The van der Waals surface area contributed by atoms with Gasteiger partial charge < -0.3 is 5.32 Å². The van der Waals surface area contributed by atoms with Crippen molar-refractivity contribution in [2.24, 2.45) is 5.41 Å². The first-order valence-corrected chi connectivity index (χ1v) is 4.81. The van der Waals surface area contributed by atoms with Crippen LogP contribution in [0.4, 0.5) is 0 Å².